The van der Waals surface area contributed by atoms with Crippen LogP contribution in [-0.4, -0.2) is 11.7 Å². The standard InChI is InChI=1S/C12H15ClINO2/c1-12(2,3)17-11(16)15-7-8-4-5-9(13)6-10(8)14/h4-6H,7H2,1-3H3,(H,15,16). The Morgan fingerprint density at radius 1 is 1.47 bits per heavy atom. The highest BCUT2D eigenvalue weighted by Crippen LogP contribution is 2.18. The van der Waals surface area contributed by atoms with Crippen molar-refractivity contribution in [2.75, 3.05) is 0 Å². The van der Waals surface area contributed by atoms with Crippen LogP contribution in [0.1, 0.15) is 26.3 Å². The van der Waals surface area contributed by atoms with E-state index in [4.69, 9.17) is 16.3 Å². The number of carbonyl (C=O) groups excluding carboxylic acids is 1. The number of benzene rings is 1. The molecule has 1 amide bonds. The number of carbonyl (C=O) groups is 1. The van der Waals surface area contributed by atoms with E-state index in [0.717, 1.165) is 9.13 Å². The van der Waals surface area contributed by atoms with Crippen LogP contribution in [0.3, 0.4) is 0 Å². The summed E-state index contributed by atoms with van der Waals surface area (Å²) in [4.78, 5) is 11.4. The Balaban J connectivity index is 2.53. The Morgan fingerprint density at radius 2 is 2.12 bits per heavy atom. The third-order valence-corrected chi connectivity index (χ3v) is 3.08. The van der Waals surface area contributed by atoms with Gasteiger partial charge in [0.1, 0.15) is 5.60 Å². The molecule has 17 heavy (non-hydrogen) atoms. The van der Waals surface area contributed by atoms with Crippen molar-refractivity contribution in [1.82, 2.24) is 5.32 Å². The van der Waals surface area contributed by atoms with Gasteiger partial charge in [0, 0.05) is 15.1 Å². The Bertz CT molecular complexity index is 415. The molecule has 0 radical (unpaired) electrons. The maximum atomic E-state index is 11.4. The van der Waals surface area contributed by atoms with Crippen LogP contribution in [-0.2, 0) is 11.3 Å². The van der Waals surface area contributed by atoms with Crippen molar-refractivity contribution < 1.29 is 9.53 Å². The molecule has 0 atom stereocenters. The summed E-state index contributed by atoms with van der Waals surface area (Å²) < 4.78 is 6.16. The zero-order valence-corrected chi connectivity index (χ0v) is 12.9. The highest BCUT2D eigenvalue weighted by Gasteiger charge is 2.15. The van der Waals surface area contributed by atoms with Crippen molar-refractivity contribution in [3.05, 3.63) is 32.4 Å². The molecule has 0 aliphatic rings. The normalized spacial score (nSPS) is 11.1. The average molecular weight is 368 g/mol. The highest BCUT2D eigenvalue weighted by molar-refractivity contribution is 14.1. The van der Waals surface area contributed by atoms with Gasteiger partial charge >= 0.3 is 6.09 Å². The summed E-state index contributed by atoms with van der Waals surface area (Å²) in [6, 6.07) is 5.55. The molecule has 0 saturated heterocycles. The van der Waals surface area contributed by atoms with Crippen LogP contribution >= 0.6 is 34.2 Å². The van der Waals surface area contributed by atoms with Gasteiger partial charge in [0.25, 0.3) is 0 Å². The topological polar surface area (TPSA) is 38.3 Å². The first-order valence-electron chi connectivity index (χ1n) is 5.19. The molecule has 0 fully saturated rings. The van der Waals surface area contributed by atoms with Crippen molar-refractivity contribution in [2.24, 2.45) is 0 Å². The van der Waals surface area contributed by atoms with E-state index in [9.17, 15) is 4.79 Å². The maximum Gasteiger partial charge on any atom is 0.407 e. The molecule has 0 saturated carbocycles. The molecule has 1 rings (SSSR count). The van der Waals surface area contributed by atoms with Crippen molar-refractivity contribution in [1.29, 1.82) is 0 Å². The number of ether oxygens (including phenoxy) is 1. The molecule has 0 aromatic heterocycles. The minimum absolute atomic E-state index is 0.414. The van der Waals surface area contributed by atoms with Crippen molar-refractivity contribution >= 4 is 40.3 Å². The summed E-state index contributed by atoms with van der Waals surface area (Å²) in [5, 5.41) is 3.40. The highest BCUT2D eigenvalue weighted by atomic mass is 127. The van der Waals surface area contributed by atoms with Crippen LogP contribution < -0.4 is 5.32 Å². The molecule has 0 bridgehead atoms. The number of amides is 1. The molecule has 5 heteroatoms. The Morgan fingerprint density at radius 3 is 2.65 bits per heavy atom. The van der Waals surface area contributed by atoms with Gasteiger partial charge in [-0.3, -0.25) is 0 Å². The SMILES string of the molecule is CC(C)(C)OC(=O)NCc1ccc(Cl)cc1I. The van der Waals surface area contributed by atoms with E-state index < -0.39 is 11.7 Å². The van der Waals surface area contributed by atoms with E-state index in [0.29, 0.717) is 11.6 Å². The van der Waals surface area contributed by atoms with Gasteiger partial charge in [0.05, 0.1) is 0 Å². The number of hydrogen-bond donors (Lipinski definition) is 1. The minimum atomic E-state index is -0.475. The zero-order valence-electron chi connectivity index (χ0n) is 10.0. The summed E-state index contributed by atoms with van der Waals surface area (Å²) in [6.07, 6.45) is -0.414. The van der Waals surface area contributed by atoms with E-state index in [-0.39, 0.29) is 0 Å². The zero-order chi connectivity index (χ0) is 13.1. The summed E-state index contributed by atoms with van der Waals surface area (Å²) in [6.45, 7) is 5.93. The Hall–Kier alpha value is -0.490. The molecule has 3 nitrogen and oxygen atoms in total. The van der Waals surface area contributed by atoms with E-state index >= 15 is 0 Å². The summed E-state index contributed by atoms with van der Waals surface area (Å²) >= 11 is 8.03. The lowest BCUT2D eigenvalue weighted by molar-refractivity contribution is 0.0523. The monoisotopic (exact) mass is 367 g/mol. The first-order valence-corrected chi connectivity index (χ1v) is 6.64. The maximum absolute atomic E-state index is 11.4. The van der Waals surface area contributed by atoms with Gasteiger partial charge in [-0.15, -0.1) is 0 Å². The molecule has 0 aliphatic heterocycles. The molecule has 94 valence electrons. The van der Waals surface area contributed by atoms with Gasteiger partial charge in [-0.05, 0) is 61.1 Å². The number of hydrogen-bond acceptors (Lipinski definition) is 2. The molecule has 1 aromatic carbocycles. The van der Waals surface area contributed by atoms with Crippen LogP contribution in [0.15, 0.2) is 18.2 Å². The van der Waals surface area contributed by atoms with Gasteiger partial charge < -0.3 is 10.1 Å². The number of alkyl carbamates (subject to hydrolysis) is 1. The van der Waals surface area contributed by atoms with E-state index in [1.807, 2.05) is 32.9 Å². The summed E-state index contributed by atoms with van der Waals surface area (Å²) in [7, 11) is 0. The van der Waals surface area contributed by atoms with E-state index in [1.165, 1.54) is 0 Å². The van der Waals surface area contributed by atoms with Crippen LogP contribution in [0, 0.1) is 3.57 Å². The molecule has 1 aromatic rings. The van der Waals surface area contributed by atoms with Crippen molar-refractivity contribution in [2.45, 2.75) is 32.9 Å². The molecular formula is C12H15ClINO2. The third-order valence-electron chi connectivity index (χ3n) is 1.84. The molecule has 0 heterocycles. The molecular weight excluding hydrogens is 352 g/mol. The second-order valence-corrected chi connectivity index (χ2v) is 6.19. The smallest absolute Gasteiger partial charge is 0.407 e. The molecule has 0 spiro atoms. The van der Waals surface area contributed by atoms with E-state index in [2.05, 4.69) is 27.9 Å². The molecule has 0 aliphatic carbocycles. The van der Waals surface area contributed by atoms with Crippen LogP contribution in [0.4, 0.5) is 4.79 Å². The first-order chi connectivity index (χ1) is 7.78. The fourth-order valence-corrected chi connectivity index (χ4v) is 2.21. The van der Waals surface area contributed by atoms with E-state index in [1.54, 1.807) is 6.07 Å². The Kier molecular flexibility index (Phi) is 5.06. The molecule has 1 N–H and O–H groups in total. The molecule has 0 unspecified atom stereocenters. The second-order valence-electron chi connectivity index (χ2n) is 4.59. The minimum Gasteiger partial charge on any atom is -0.444 e. The van der Waals surface area contributed by atoms with Crippen LogP contribution in [0.5, 0.6) is 0 Å². The van der Waals surface area contributed by atoms with Gasteiger partial charge in [-0.25, -0.2) is 4.79 Å². The third kappa shape index (κ3) is 5.59. The van der Waals surface area contributed by atoms with Gasteiger partial charge in [0.15, 0.2) is 0 Å². The predicted octanol–water partition coefficient (Wildman–Crippen LogP) is 3.97. The van der Waals surface area contributed by atoms with Crippen LogP contribution in [0.2, 0.25) is 5.02 Å². The number of nitrogens with one attached hydrogen (secondary N) is 1. The lowest BCUT2D eigenvalue weighted by Crippen LogP contribution is -2.32. The van der Waals surface area contributed by atoms with Gasteiger partial charge in [-0.1, -0.05) is 17.7 Å². The second kappa shape index (κ2) is 5.91. The largest absolute Gasteiger partial charge is 0.444 e. The lowest BCUT2D eigenvalue weighted by Gasteiger charge is -2.19. The number of halogens is 2. The van der Waals surface area contributed by atoms with Gasteiger partial charge in [0.2, 0.25) is 0 Å². The summed E-state index contributed by atoms with van der Waals surface area (Å²) in [5.74, 6) is 0. The van der Waals surface area contributed by atoms with Crippen LogP contribution in [0.25, 0.3) is 0 Å². The number of rotatable bonds is 2. The first kappa shape index (κ1) is 14.6. The lowest BCUT2D eigenvalue weighted by atomic mass is 10.2. The van der Waals surface area contributed by atoms with Crippen molar-refractivity contribution in [3.63, 3.8) is 0 Å². The predicted molar refractivity (Wildman–Crippen MR) is 77.2 cm³/mol. The Labute approximate surface area is 120 Å². The fourth-order valence-electron chi connectivity index (χ4n) is 1.15. The van der Waals surface area contributed by atoms with Gasteiger partial charge in [-0.2, -0.15) is 0 Å². The average Bonchev–Trinajstić information content (AvgIpc) is 2.13. The van der Waals surface area contributed by atoms with Crippen molar-refractivity contribution in [3.8, 4) is 0 Å². The fraction of sp³-hybridized carbons (Fsp3) is 0.417. The quantitative estimate of drug-likeness (QED) is 0.803. The summed E-state index contributed by atoms with van der Waals surface area (Å²) in [5.41, 5.74) is 0.540.